The molecule has 0 amide bonds. The molecule has 2 heteroatoms. The van der Waals surface area contributed by atoms with Crippen LogP contribution in [0.25, 0.3) is 10.8 Å². The van der Waals surface area contributed by atoms with Gasteiger partial charge in [0, 0.05) is 22.4 Å². The predicted molar refractivity (Wildman–Crippen MR) is 94.7 cm³/mol. The average Bonchev–Trinajstić information content (AvgIpc) is 2.56. The Kier molecular flexibility index (Phi) is 4.53. The molecule has 0 N–H and O–H groups in total. The number of rotatable bonds is 2. The number of halogens is 1. The van der Waals surface area contributed by atoms with Crippen LogP contribution in [0.15, 0.2) is 71.7 Å². The normalized spacial score (nSPS) is 10.6. The Morgan fingerprint density at radius 2 is 1.68 bits per heavy atom. The summed E-state index contributed by atoms with van der Waals surface area (Å²) in [7, 11) is 0. The highest BCUT2D eigenvalue weighted by Gasteiger charge is 1.96. The molecule has 0 atom stereocenters. The molecule has 0 saturated heterocycles. The van der Waals surface area contributed by atoms with E-state index in [2.05, 4.69) is 35.0 Å². The van der Waals surface area contributed by atoms with E-state index < -0.39 is 0 Å². The fourth-order valence-electron chi connectivity index (χ4n) is 2.24. The number of benzene rings is 3. The minimum atomic E-state index is 0.453. The molecule has 106 valence electrons. The Balaban J connectivity index is 1.75. The number of aliphatic imine (C=N–C) groups is 1. The van der Waals surface area contributed by atoms with Gasteiger partial charge >= 0.3 is 0 Å². The second-order valence-corrected chi connectivity index (χ2v) is 5.23. The third-order valence-corrected chi connectivity index (χ3v) is 3.66. The highest BCUT2D eigenvalue weighted by atomic mass is 35.5. The first-order valence-electron chi connectivity index (χ1n) is 7.05. The van der Waals surface area contributed by atoms with Crippen LogP contribution >= 0.6 is 11.6 Å². The monoisotopic (exact) mass is 303 g/mol. The molecule has 3 aromatic carbocycles. The minimum absolute atomic E-state index is 0.453. The van der Waals surface area contributed by atoms with Crippen molar-refractivity contribution >= 4 is 28.6 Å². The molecule has 0 aliphatic rings. The molecule has 0 aromatic heterocycles. The van der Waals surface area contributed by atoms with Gasteiger partial charge in [0.05, 0.1) is 0 Å². The van der Waals surface area contributed by atoms with Crippen molar-refractivity contribution < 1.29 is 0 Å². The van der Waals surface area contributed by atoms with E-state index in [1.807, 2.05) is 48.5 Å². The van der Waals surface area contributed by atoms with Gasteiger partial charge in [-0.1, -0.05) is 78.0 Å². The van der Waals surface area contributed by atoms with Crippen molar-refractivity contribution in [2.75, 3.05) is 6.54 Å². The van der Waals surface area contributed by atoms with Crippen molar-refractivity contribution in [2.45, 2.75) is 0 Å². The third kappa shape index (κ3) is 3.36. The van der Waals surface area contributed by atoms with Gasteiger partial charge < -0.3 is 0 Å². The molecule has 0 fully saturated rings. The standard InChI is InChI=1S/C20H14ClN/c21-20-13-4-2-8-18(20)15-22-14-6-11-17-10-5-9-16-7-1-3-12-19(16)17/h1-5,7-10,12-13,15H,14H2. The van der Waals surface area contributed by atoms with Gasteiger partial charge in [0.15, 0.2) is 0 Å². The van der Waals surface area contributed by atoms with Crippen molar-refractivity contribution in [1.29, 1.82) is 0 Å². The van der Waals surface area contributed by atoms with Gasteiger partial charge in [0.1, 0.15) is 6.54 Å². The Bertz CT molecular complexity index is 879. The quantitative estimate of drug-likeness (QED) is 0.468. The third-order valence-electron chi connectivity index (χ3n) is 3.32. The first-order chi connectivity index (χ1) is 10.8. The Morgan fingerprint density at radius 3 is 2.59 bits per heavy atom. The fourth-order valence-corrected chi connectivity index (χ4v) is 2.42. The van der Waals surface area contributed by atoms with Crippen LogP contribution < -0.4 is 0 Å². The summed E-state index contributed by atoms with van der Waals surface area (Å²) in [6.07, 6.45) is 1.76. The largest absolute Gasteiger partial charge is 0.280 e. The number of nitrogens with zero attached hydrogens (tertiary/aromatic N) is 1. The van der Waals surface area contributed by atoms with Gasteiger partial charge in [-0.25, -0.2) is 0 Å². The molecule has 0 heterocycles. The zero-order valence-corrected chi connectivity index (χ0v) is 12.7. The maximum Gasteiger partial charge on any atom is 0.100 e. The van der Waals surface area contributed by atoms with Crippen LogP contribution in [-0.2, 0) is 0 Å². The summed E-state index contributed by atoms with van der Waals surface area (Å²) in [5.74, 6) is 6.28. The molecule has 0 unspecified atom stereocenters. The molecule has 0 bridgehead atoms. The molecule has 0 spiro atoms. The van der Waals surface area contributed by atoms with Crippen LogP contribution in [0.5, 0.6) is 0 Å². The average molecular weight is 304 g/mol. The first-order valence-corrected chi connectivity index (χ1v) is 7.43. The second-order valence-electron chi connectivity index (χ2n) is 4.82. The van der Waals surface area contributed by atoms with Gasteiger partial charge in [-0.3, -0.25) is 4.99 Å². The zero-order chi connectivity index (χ0) is 15.2. The maximum absolute atomic E-state index is 6.07. The summed E-state index contributed by atoms with van der Waals surface area (Å²) in [5.41, 5.74) is 1.95. The minimum Gasteiger partial charge on any atom is -0.280 e. The van der Waals surface area contributed by atoms with Crippen LogP contribution in [0.3, 0.4) is 0 Å². The van der Waals surface area contributed by atoms with Gasteiger partial charge in [0.2, 0.25) is 0 Å². The zero-order valence-electron chi connectivity index (χ0n) is 12.0. The highest BCUT2D eigenvalue weighted by Crippen LogP contribution is 2.17. The fraction of sp³-hybridized carbons (Fsp3) is 0.0500. The van der Waals surface area contributed by atoms with E-state index in [0.29, 0.717) is 11.6 Å². The van der Waals surface area contributed by atoms with E-state index >= 15 is 0 Å². The van der Waals surface area contributed by atoms with Crippen LogP contribution in [-0.4, -0.2) is 12.8 Å². The maximum atomic E-state index is 6.07. The molecule has 3 rings (SSSR count). The van der Waals surface area contributed by atoms with Crippen molar-refractivity contribution in [3.8, 4) is 11.8 Å². The number of hydrogen-bond donors (Lipinski definition) is 0. The molecule has 0 aliphatic heterocycles. The van der Waals surface area contributed by atoms with Gasteiger partial charge in [-0.05, 0) is 22.9 Å². The lowest BCUT2D eigenvalue weighted by Gasteiger charge is -1.99. The summed E-state index contributed by atoms with van der Waals surface area (Å²) in [6.45, 7) is 0.453. The summed E-state index contributed by atoms with van der Waals surface area (Å²) in [4.78, 5) is 4.31. The summed E-state index contributed by atoms with van der Waals surface area (Å²) < 4.78 is 0. The highest BCUT2D eigenvalue weighted by molar-refractivity contribution is 6.33. The molecule has 22 heavy (non-hydrogen) atoms. The summed E-state index contributed by atoms with van der Waals surface area (Å²) in [5, 5.41) is 3.08. The molecular weight excluding hydrogens is 290 g/mol. The SMILES string of the molecule is Clc1ccccc1C=NCC#Cc1cccc2ccccc12. The van der Waals surface area contributed by atoms with Crippen LogP contribution in [0.4, 0.5) is 0 Å². The van der Waals surface area contributed by atoms with E-state index in [0.717, 1.165) is 11.1 Å². The van der Waals surface area contributed by atoms with Crippen LogP contribution in [0, 0.1) is 11.8 Å². The Morgan fingerprint density at radius 1 is 0.909 bits per heavy atom. The predicted octanol–water partition coefficient (Wildman–Crippen LogP) is 4.96. The van der Waals surface area contributed by atoms with Crippen molar-refractivity contribution in [3.05, 3.63) is 82.9 Å². The van der Waals surface area contributed by atoms with Gasteiger partial charge in [-0.2, -0.15) is 0 Å². The molecule has 3 aromatic rings. The van der Waals surface area contributed by atoms with Crippen molar-refractivity contribution in [1.82, 2.24) is 0 Å². The van der Waals surface area contributed by atoms with Crippen LogP contribution in [0.1, 0.15) is 11.1 Å². The van der Waals surface area contributed by atoms with Crippen molar-refractivity contribution in [2.24, 2.45) is 4.99 Å². The van der Waals surface area contributed by atoms with Crippen LogP contribution in [0.2, 0.25) is 5.02 Å². The van der Waals surface area contributed by atoms with E-state index in [1.165, 1.54) is 10.8 Å². The molecule has 0 aliphatic carbocycles. The molecule has 1 nitrogen and oxygen atoms in total. The van der Waals surface area contributed by atoms with E-state index in [4.69, 9.17) is 11.6 Å². The smallest absolute Gasteiger partial charge is 0.100 e. The van der Waals surface area contributed by atoms with Crippen molar-refractivity contribution in [3.63, 3.8) is 0 Å². The topological polar surface area (TPSA) is 12.4 Å². The lowest BCUT2D eigenvalue weighted by Crippen LogP contribution is -1.84. The lowest BCUT2D eigenvalue weighted by molar-refractivity contribution is 1.30. The van der Waals surface area contributed by atoms with E-state index in [-0.39, 0.29) is 0 Å². The van der Waals surface area contributed by atoms with Gasteiger partial charge in [-0.15, -0.1) is 0 Å². The number of hydrogen-bond acceptors (Lipinski definition) is 1. The number of fused-ring (bicyclic) bond motifs is 1. The summed E-state index contributed by atoms with van der Waals surface area (Å²) >= 11 is 6.07. The molecular formula is C20H14ClN. The second kappa shape index (κ2) is 6.93. The van der Waals surface area contributed by atoms with E-state index in [9.17, 15) is 0 Å². The van der Waals surface area contributed by atoms with E-state index in [1.54, 1.807) is 6.21 Å². The first kappa shape index (κ1) is 14.4. The molecule has 0 radical (unpaired) electrons. The Labute approximate surface area is 135 Å². The lowest BCUT2D eigenvalue weighted by atomic mass is 10.1. The summed E-state index contributed by atoms with van der Waals surface area (Å²) in [6, 6.07) is 22.0. The van der Waals surface area contributed by atoms with Gasteiger partial charge in [0.25, 0.3) is 0 Å². The Hall–Kier alpha value is -2.56. The molecule has 0 saturated carbocycles.